The Labute approximate surface area is 103 Å². The molecular formula is C11H13InO3S. The average molecular weight is 340 g/mol. The normalized spacial score (nSPS) is 16.4. The second-order valence-electron chi connectivity index (χ2n) is 4.14. The maximum atomic E-state index is 11.0. The Morgan fingerprint density at radius 3 is 2.56 bits per heavy atom. The van der Waals surface area contributed by atoms with Crippen molar-refractivity contribution in [3.8, 4) is 0 Å². The van der Waals surface area contributed by atoms with Gasteiger partial charge in [-0.3, -0.25) is 0 Å². The van der Waals surface area contributed by atoms with E-state index in [1.165, 1.54) is 8.88 Å². The predicted molar refractivity (Wildman–Crippen MR) is 65.8 cm³/mol. The average Bonchev–Trinajstić information content (AvgIpc) is 2.66. The van der Waals surface area contributed by atoms with Crippen molar-refractivity contribution in [3.63, 3.8) is 0 Å². The van der Waals surface area contributed by atoms with Crippen molar-refractivity contribution in [1.29, 1.82) is 0 Å². The summed E-state index contributed by atoms with van der Waals surface area (Å²) in [6.07, 6.45) is 1.71. The van der Waals surface area contributed by atoms with Crippen molar-refractivity contribution in [3.05, 3.63) is 40.8 Å². The molecule has 0 saturated carbocycles. The zero-order chi connectivity index (χ0) is 11.8. The van der Waals surface area contributed by atoms with Crippen LogP contribution in [0.15, 0.2) is 35.2 Å². The van der Waals surface area contributed by atoms with Gasteiger partial charge in [0.25, 0.3) is 0 Å². The molecule has 3 nitrogen and oxygen atoms in total. The molecule has 0 fully saturated rings. The summed E-state index contributed by atoms with van der Waals surface area (Å²) >= 11 is -2.01. The van der Waals surface area contributed by atoms with E-state index in [1.54, 1.807) is 6.08 Å². The SMILES string of the molecule is Cc1cccc[c]1[In]1[CH2]C=C(S(=O)(=O)O)[CH2]1. The number of hydrogen-bond donors (Lipinski definition) is 1. The number of benzene rings is 1. The Hall–Kier alpha value is -0.260. The molecule has 1 aromatic rings. The third-order valence-corrected chi connectivity index (χ3v) is 14.2. The summed E-state index contributed by atoms with van der Waals surface area (Å²) in [6.45, 7) is 2.07. The molecule has 16 heavy (non-hydrogen) atoms. The van der Waals surface area contributed by atoms with Gasteiger partial charge in [-0.2, -0.15) is 0 Å². The van der Waals surface area contributed by atoms with Gasteiger partial charge >= 0.3 is 104 Å². The molecule has 0 radical (unpaired) electrons. The van der Waals surface area contributed by atoms with Gasteiger partial charge in [0, 0.05) is 0 Å². The first-order valence-corrected chi connectivity index (χ1v) is 13.0. The van der Waals surface area contributed by atoms with Gasteiger partial charge in [0.1, 0.15) is 0 Å². The third-order valence-electron chi connectivity index (χ3n) is 3.04. The molecule has 1 N–H and O–H groups in total. The van der Waals surface area contributed by atoms with Crippen LogP contribution in [0.5, 0.6) is 0 Å². The van der Waals surface area contributed by atoms with Gasteiger partial charge in [-0.05, 0) is 0 Å². The third kappa shape index (κ3) is 2.52. The van der Waals surface area contributed by atoms with Crippen LogP contribution in [0.3, 0.4) is 0 Å². The molecule has 2 rings (SSSR count). The van der Waals surface area contributed by atoms with Crippen LogP contribution in [0.25, 0.3) is 0 Å². The van der Waals surface area contributed by atoms with Crippen molar-refractivity contribution >= 4 is 34.9 Å². The van der Waals surface area contributed by atoms with Crippen molar-refractivity contribution in [2.45, 2.75) is 15.3 Å². The summed E-state index contributed by atoms with van der Waals surface area (Å²) in [5, 5.41) is 0. The molecule has 1 aliphatic heterocycles. The molecule has 1 aliphatic rings. The Morgan fingerprint density at radius 1 is 1.31 bits per heavy atom. The molecule has 0 amide bonds. The monoisotopic (exact) mass is 340 g/mol. The van der Waals surface area contributed by atoms with Gasteiger partial charge in [0.05, 0.1) is 0 Å². The predicted octanol–water partition coefficient (Wildman–Crippen LogP) is 1.48. The van der Waals surface area contributed by atoms with E-state index >= 15 is 0 Å². The van der Waals surface area contributed by atoms with E-state index < -0.39 is 31.6 Å². The summed E-state index contributed by atoms with van der Waals surface area (Å²) in [7, 11) is -3.94. The summed E-state index contributed by atoms with van der Waals surface area (Å²) in [4.78, 5) is 0.247. The number of allylic oxidation sites excluding steroid dienone is 2. The Bertz CT molecular complexity index is 534. The minimum atomic E-state index is -3.94. The minimum absolute atomic E-state index is 0.247. The van der Waals surface area contributed by atoms with Gasteiger partial charge < -0.3 is 0 Å². The Kier molecular flexibility index (Phi) is 3.47. The summed E-state index contributed by atoms with van der Waals surface area (Å²) in [6, 6.07) is 8.18. The van der Waals surface area contributed by atoms with Gasteiger partial charge in [0.2, 0.25) is 0 Å². The standard InChI is InChI=1S/C7H7.C4H6O3S.In/c1-7-5-3-2-4-6-7;1-3-4(2)8(5,6)7;/h2-5H,1H3;3H,1-2H2,(H,5,6,7);. The quantitative estimate of drug-likeness (QED) is 0.830. The molecule has 0 unspecified atom stereocenters. The first-order chi connectivity index (χ1) is 7.48. The molecule has 0 bridgehead atoms. The second-order valence-corrected chi connectivity index (χ2v) is 13.9. The first-order valence-electron chi connectivity index (χ1n) is 5.20. The molecule has 0 atom stereocenters. The molecule has 0 aromatic heterocycles. The first kappa shape index (κ1) is 12.2. The van der Waals surface area contributed by atoms with Crippen LogP contribution in [0.1, 0.15) is 5.56 Å². The fourth-order valence-electron chi connectivity index (χ4n) is 2.18. The van der Waals surface area contributed by atoms with E-state index in [9.17, 15) is 8.42 Å². The van der Waals surface area contributed by atoms with Gasteiger partial charge in [0.15, 0.2) is 0 Å². The van der Waals surface area contributed by atoms with E-state index in [-0.39, 0.29) is 4.91 Å². The summed E-state index contributed by atoms with van der Waals surface area (Å²) in [5.41, 5.74) is 1.26. The summed E-state index contributed by atoms with van der Waals surface area (Å²) in [5.74, 6) is 0. The zero-order valence-electron chi connectivity index (χ0n) is 9.05. The van der Waals surface area contributed by atoms with Crippen molar-refractivity contribution < 1.29 is 13.0 Å². The zero-order valence-corrected chi connectivity index (χ0v) is 13.2. The van der Waals surface area contributed by atoms with Crippen molar-refractivity contribution in [1.82, 2.24) is 0 Å². The van der Waals surface area contributed by atoms with Gasteiger partial charge in [-0.1, -0.05) is 0 Å². The van der Waals surface area contributed by atoms with E-state index in [0.29, 0.717) is 4.18 Å². The second kappa shape index (κ2) is 4.55. The van der Waals surface area contributed by atoms with Gasteiger partial charge in [-0.15, -0.1) is 0 Å². The van der Waals surface area contributed by atoms with Crippen LogP contribution in [0.4, 0.5) is 0 Å². The molecule has 0 spiro atoms. The number of aryl methyl sites for hydroxylation is 1. The topological polar surface area (TPSA) is 54.4 Å². The maximum absolute atomic E-state index is 11.0. The Balaban J connectivity index is 2.22. The fraction of sp³-hybridized carbons (Fsp3) is 0.273. The van der Waals surface area contributed by atoms with E-state index in [1.807, 2.05) is 12.1 Å². The fourth-order valence-corrected chi connectivity index (χ4v) is 14.9. The van der Waals surface area contributed by atoms with Crippen LogP contribution in [-0.4, -0.2) is 34.4 Å². The molecule has 0 saturated heterocycles. The molecular weight excluding hydrogens is 327 g/mol. The molecule has 1 heterocycles. The molecule has 84 valence electrons. The van der Waals surface area contributed by atoms with E-state index in [4.69, 9.17) is 4.55 Å². The van der Waals surface area contributed by atoms with Crippen LogP contribution in [0.2, 0.25) is 8.35 Å². The van der Waals surface area contributed by atoms with Crippen molar-refractivity contribution in [2.75, 3.05) is 0 Å². The van der Waals surface area contributed by atoms with Crippen LogP contribution in [-0.2, 0) is 10.1 Å². The summed E-state index contributed by atoms with van der Waals surface area (Å²) < 4.78 is 33.9. The van der Waals surface area contributed by atoms with E-state index in [2.05, 4.69) is 19.1 Å². The van der Waals surface area contributed by atoms with Gasteiger partial charge in [-0.25, -0.2) is 0 Å². The van der Waals surface area contributed by atoms with Crippen molar-refractivity contribution in [2.24, 2.45) is 0 Å². The molecule has 5 heteroatoms. The molecule has 0 aliphatic carbocycles. The molecule has 1 aromatic carbocycles. The number of rotatable bonds is 2. The van der Waals surface area contributed by atoms with Crippen LogP contribution >= 0.6 is 0 Å². The Morgan fingerprint density at radius 2 is 2.00 bits per heavy atom. The van der Waals surface area contributed by atoms with Crippen LogP contribution in [0, 0.1) is 6.92 Å². The van der Waals surface area contributed by atoms with E-state index in [0.717, 1.165) is 4.18 Å². The van der Waals surface area contributed by atoms with Crippen LogP contribution < -0.4 is 3.32 Å². The number of hydrogen-bond acceptors (Lipinski definition) is 2.